The van der Waals surface area contributed by atoms with Crippen LogP contribution >= 0.6 is 45.3 Å². The van der Waals surface area contributed by atoms with E-state index in [0.717, 1.165) is 75.5 Å². The van der Waals surface area contributed by atoms with E-state index in [0.29, 0.717) is 0 Å². The first-order chi connectivity index (χ1) is 30.2. The first-order valence-corrected chi connectivity index (χ1v) is 25.4. The van der Waals surface area contributed by atoms with E-state index in [2.05, 4.69) is 192 Å². The summed E-state index contributed by atoms with van der Waals surface area (Å²) < 4.78 is 4.73. The van der Waals surface area contributed by atoms with Crippen LogP contribution in [0.4, 0.5) is 0 Å². The Morgan fingerprint density at radius 1 is 0.281 bits per heavy atom. The first-order valence-electron chi connectivity index (χ1n) is 22.1. The summed E-state index contributed by atoms with van der Waals surface area (Å²) in [5.74, 6) is 0. The molecule has 0 aliphatic carbocycles. The summed E-state index contributed by atoms with van der Waals surface area (Å²) in [7, 11) is 0. The SMILES string of the molecule is CC(C)(C)c1ccc2sc(-c3ccc(-c4nc5cc(C(C)(C)C)ccc5s4)c(-c4cc(-c5nc6cc(C(C)(C)C)ccc6s5)ccc4-c4nc5cc(C(C)(C)C)ccc5s4)c3)nc2c1. The van der Waals surface area contributed by atoms with E-state index < -0.39 is 0 Å². The molecule has 0 saturated heterocycles. The lowest BCUT2D eigenvalue weighted by Gasteiger charge is -2.18. The van der Waals surface area contributed by atoms with E-state index in [4.69, 9.17) is 19.9 Å². The molecule has 0 N–H and O–H groups in total. The standard InChI is InChI=1S/C56H54N4S4/c1-53(2,3)33-15-21-45-41(27-33)57-49(61-45)31-13-19-37(51-59-43-29-35(55(7,8)9)17-23-47(43)63-51)39(25-31)40-26-32(50-58-42-28-34(54(4,5)6)16-22-46(42)62-50)14-20-38(40)52-60-44-30-36(56(10,11)12)18-24-48(44)64-52/h13-30H,1-12H3. The predicted octanol–water partition coefficient (Wildman–Crippen LogP) is 17.7. The molecule has 64 heavy (non-hydrogen) atoms. The molecule has 10 aromatic rings. The minimum atomic E-state index is 0.0187. The number of thiazole rings is 4. The second-order valence-corrected chi connectivity index (χ2v) is 25.4. The van der Waals surface area contributed by atoms with E-state index in [1.807, 2.05) is 0 Å². The number of nitrogens with zero attached hydrogens (tertiary/aromatic N) is 4. The fourth-order valence-electron chi connectivity index (χ4n) is 8.23. The van der Waals surface area contributed by atoms with E-state index in [1.54, 1.807) is 45.3 Å². The lowest BCUT2D eigenvalue weighted by Crippen LogP contribution is -2.10. The third-order valence-electron chi connectivity index (χ3n) is 12.3. The van der Waals surface area contributed by atoms with Gasteiger partial charge >= 0.3 is 0 Å². The smallest absolute Gasteiger partial charge is 0.125 e. The molecular weight excluding hydrogens is 857 g/mol. The van der Waals surface area contributed by atoms with Gasteiger partial charge in [0.2, 0.25) is 0 Å². The van der Waals surface area contributed by atoms with Crippen molar-refractivity contribution in [1.82, 2.24) is 19.9 Å². The molecule has 4 nitrogen and oxygen atoms in total. The van der Waals surface area contributed by atoms with E-state index >= 15 is 0 Å². The normalized spacial score (nSPS) is 13.0. The third-order valence-corrected chi connectivity index (χ3v) is 16.6. The molecule has 8 heteroatoms. The van der Waals surface area contributed by atoms with Gasteiger partial charge in [-0.05, 0) is 116 Å². The van der Waals surface area contributed by atoms with Gasteiger partial charge in [-0.25, -0.2) is 19.9 Å². The van der Waals surface area contributed by atoms with Gasteiger partial charge in [-0.1, -0.05) is 132 Å². The van der Waals surface area contributed by atoms with Crippen LogP contribution in [-0.4, -0.2) is 19.9 Å². The van der Waals surface area contributed by atoms with Crippen LogP contribution in [0.25, 0.3) is 94.3 Å². The van der Waals surface area contributed by atoms with Crippen LogP contribution in [0.15, 0.2) is 109 Å². The Morgan fingerprint density at radius 2 is 0.547 bits per heavy atom. The van der Waals surface area contributed by atoms with Crippen molar-refractivity contribution in [3.05, 3.63) is 131 Å². The van der Waals surface area contributed by atoms with Crippen molar-refractivity contribution in [3.63, 3.8) is 0 Å². The Balaban J connectivity index is 1.22. The van der Waals surface area contributed by atoms with Gasteiger partial charge < -0.3 is 0 Å². The number of rotatable bonds is 5. The quantitative estimate of drug-likeness (QED) is 0.173. The zero-order valence-corrected chi connectivity index (χ0v) is 42.1. The topological polar surface area (TPSA) is 51.6 Å². The molecule has 0 aliphatic rings. The Labute approximate surface area is 393 Å². The Kier molecular flexibility index (Phi) is 10.2. The first kappa shape index (κ1) is 42.8. The Morgan fingerprint density at radius 3 is 0.828 bits per heavy atom. The second-order valence-electron chi connectivity index (χ2n) is 21.3. The highest BCUT2D eigenvalue weighted by atomic mass is 32.1. The van der Waals surface area contributed by atoms with Crippen molar-refractivity contribution in [2.45, 2.75) is 105 Å². The Hall–Kier alpha value is -5.12. The minimum Gasteiger partial charge on any atom is -0.236 e. The molecule has 0 amide bonds. The van der Waals surface area contributed by atoms with Crippen LogP contribution in [0, 0.1) is 0 Å². The number of hydrogen-bond donors (Lipinski definition) is 0. The molecule has 0 spiro atoms. The highest BCUT2D eigenvalue weighted by molar-refractivity contribution is 7.23. The molecule has 10 rings (SSSR count). The number of hydrogen-bond acceptors (Lipinski definition) is 8. The molecule has 0 radical (unpaired) electrons. The van der Waals surface area contributed by atoms with Crippen molar-refractivity contribution in [2.24, 2.45) is 0 Å². The monoisotopic (exact) mass is 910 g/mol. The second kappa shape index (κ2) is 15.2. The van der Waals surface area contributed by atoms with E-state index in [-0.39, 0.29) is 21.7 Å². The van der Waals surface area contributed by atoms with Gasteiger partial charge in [0.15, 0.2) is 0 Å². The maximum absolute atomic E-state index is 5.40. The van der Waals surface area contributed by atoms with Gasteiger partial charge in [-0.3, -0.25) is 0 Å². The fourth-order valence-corrected chi connectivity index (χ4v) is 12.1. The van der Waals surface area contributed by atoms with Gasteiger partial charge in [-0.15, -0.1) is 45.3 Å². The number of aromatic nitrogens is 4. The van der Waals surface area contributed by atoms with E-state index in [1.165, 1.54) is 41.1 Å². The summed E-state index contributed by atoms with van der Waals surface area (Å²) >= 11 is 7.02. The highest BCUT2D eigenvalue weighted by Gasteiger charge is 2.24. The molecule has 0 aliphatic heterocycles. The zero-order valence-electron chi connectivity index (χ0n) is 38.8. The summed E-state index contributed by atoms with van der Waals surface area (Å²) in [4.78, 5) is 21.4. The summed E-state index contributed by atoms with van der Waals surface area (Å²) in [5, 5.41) is 3.99. The average molecular weight is 911 g/mol. The molecule has 0 atom stereocenters. The molecule has 0 fully saturated rings. The van der Waals surface area contributed by atoms with Gasteiger partial charge in [0.1, 0.15) is 20.0 Å². The van der Waals surface area contributed by atoms with Crippen molar-refractivity contribution in [1.29, 1.82) is 0 Å². The lowest BCUT2D eigenvalue weighted by atomic mass is 9.87. The maximum atomic E-state index is 5.40. The van der Waals surface area contributed by atoms with Crippen LogP contribution in [0.2, 0.25) is 0 Å². The van der Waals surface area contributed by atoms with Crippen LogP contribution in [0.1, 0.15) is 105 Å². The van der Waals surface area contributed by atoms with Crippen LogP contribution in [0.5, 0.6) is 0 Å². The van der Waals surface area contributed by atoms with Crippen molar-refractivity contribution in [3.8, 4) is 53.4 Å². The van der Waals surface area contributed by atoms with Gasteiger partial charge in [-0.2, -0.15) is 0 Å². The van der Waals surface area contributed by atoms with Crippen molar-refractivity contribution >= 4 is 86.2 Å². The summed E-state index contributed by atoms with van der Waals surface area (Å²) in [6, 6.07) is 40.8. The highest BCUT2D eigenvalue weighted by Crippen LogP contribution is 2.47. The average Bonchev–Trinajstić information content (AvgIpc) is 4.05. The van der Waals surface area contributed by atoms with Gasteiger partial charge in [0, 0.05) is 22.3 Å². The molecule has 322 valence electrons. The zero-order chi connectivity index (χ0) is 45.1. The van der Waals surface area contributed by atoms with Crippen molar-refractivity contribution < 1.29 is 0 Å². The van der Waals surface area contributed by atoms with Gasteiger partial charge in [0.25, 0.3) is 0 Å². The molecule has 4 heterocycles. The van der Waals surface area contributed by atoms with Crippen LogP contribution in [-0.2, 0) is 21.7 Å². The predicted molar refractivity (Wildman–Crippen MR) is 281 cm³/mol. The third kappa shape index (κ3) is 8.01. The van der Waals surface area contributed by atoms with Crippen LogP contribution in [0.3, 0.4) is 0 Å². The Bertz CT molecular complexity index is 3210. The molecule has 0 unspecified atom stereocenters. The summed E-state index contributed by atoms with van der Waals surface area (Å²) in [6.45, 7) is 27.1. The molecule has 0 saturated carbocycles. The lowest BCUT2D eigenvalue weighted by molar-refractivity contribution is 0.591. The molecular formula is C56H54N4S4. The summed E-state index contributed by atoms with van der Waals surface area (Å²) in [6.07, 6.45) is 0. The molecule has 6 aromatic carbocycles. The van der Waals surface area contributed by atoms with Gasteiger partial charge in [0.05, 0.1) is 40.9 Å². The number of benzene rings is 6. The van der Waals surface area contributed by atoms with E-state index in [9.17, 15) is 0 Å². The molecule has 4 aromatic heterocycles. The largest absolute Gasteiger partial charge is 0.236 e. The van der Waals surface area contributed by atoms with Crippen molar-refractivity contribution in [2.75, 3.05) is 0 Å². The molecule has 0 bridgehead atoms. The minimum absolute atomic E-state index is 0.0187. The van der Waals surface area contributed by atoms with Crippen LogP contribution < -0.4 is 0 Å². The summed E-state index contributed by atoms with van der Waals surface area (Å²) in [5.41, 5.74) is 15.9. The fraction of sp³-hybridized carbons (Fsp3) is 0.286. The maximum Gasteiger partial charge on any atom is 0.125 e. The number of fused-ring (bicyclic) bond motifs is 4.